The van der Waals surface area contributed by atoms with Crippen LogP contribution in [0, 0.1) is 6.92 Å². The SMILES string of the molecule is Cc1cc(Cl)c(NC(=O)N(C)Cc2ccncc2)c2cccnc12. The van der Waals surface area contributed by atoms with Gasteiger partial charge in [-0.05, 0) is 48.4 Å². The number of urea groups is 1. The molecule has 122 valence electrons. The molecule has 0 atom stereocenters. The van der Waals surface area contributed by atoms with Crippen LogP contribution in [0.3, 0.4) is 0 Å². The van der Waals surface area contributed by atoms with Gasteiger partial charge in [-0.3, -0.25) is 9.97 Å². The monoisotopic (exact) mass is 340 g/mol. The van der Waals surface area contributed by atoms with Crippen LogP contribution in [0.15, 0.2) is 48.9 Å². The summed E-state index contributed by atoms with van der Waals surface area (Å²) < 4.78 is 0. The van der Waals surface area contributed by atoms with Crippen LogP contribution in [-0.4, -0.2) is 27.9 Å². The zero-order chi connectivity index (χ0) is 17.1. The van der Waals surface area contributed by atoms with Crippen molar-refractivity contribution in [1.29, 1.82) is 0 Å². The van der Waals surface area contributed by atoms with E-state index in [0.717, 1.165) is 22.0 Å². The van der Waals surface area contributed by atoms with Gasteiger partial charge in [-0.2, -0.15) is 0 Å². The third-order valence-corrected chi connectivity index (χ3v) is 4.08. The first-order chi connectivity index (χ1) is 11.6. The number of anilines is 1. The molecule has 24 heavy (non-hydrogen) atoms. The Balaban J connectivity index is 1.85. The molecule has 2 amide bonds. The van der Waals surface area contributed by atoms with Crippen LogP contribution in [0.1, 0.15) is 11.1 Å². The zero-order valence-electron chi connectivity index (χ0n) is 13.5. The summed E-state index contributed by atoms with van der Waals surface area (Å²) in [5.74, 6) is 0. The van der Waals surface area contributed by atoms with Crippen molar-refractivity contribution in [3.05, 3.63) is 65.1 Å². The Labute approximate surface area is 145 Å². The van der Waals surface area contributed by atoms with Crippen LogP contribution >= 0.6 is 11.6 Å². The van der Waals surface area contributed by atoms with Gasteiger partial charge in [0.15, 0.2) is 0 Å². The van der Waals surface area contributed by atoms with Gasteiger partial charge in [-0.15, -0.1) is 0 Å². The normalized spacial score (nSPS) is 10.6. The van der Waals surface area contributed by atoms with Crippen LogP contribution in [0.2, 0.25) is 5.02 Å². The highest BCUT2D eigenvalue weighted by Gasteiger charge is 2.15. The zero-order valence-corrected chi connectivity index (χ0v) is 14.2. The summed E-state index contributed by atoms with van der Waals surface area (Å²) in [5.41, 5.74) is 3.38. The lowest BCUT2D eigenvalue weighted by atomic mass is 10.1. The Hall–Kier alpha value is -2.66. The van der Waals surface area contributed by atoms with Gasteiger partial charge in [-0.1, -0.05) is 11.6 Å². The van der Waals surface area contributed by atoms with E-state index in [1.165, 1.54) is 0 Å². The number of aromatic nitrogens is 2. The van der Waals surface area contributed by atoms with E-state index in [2.05, 4.69) is 15.3 Å². The number of pyridine rings is 2. The number of rotatable bonds is 3. The van der Waals surface area contributed by atoms with Crippen molar-refractivity contribution in [1.82, 2.24) is 14.9 Å². The molecule has 0 aliphatic rings. The predicted molar refractivity (Wildman–Crippen MR) is 96.2 cm³/mol. The molecule has 5 nitrogen and oxygen atoms in total. The van der Waals surface area contributed by atoms with E-state index in [9.17, 15) is 4.79 Å². The second kappa shape index (κ2) is 6.84. The van der Waals surface area contributed by atoms with Gasteiger partial charge in [0.1, 0.15) is 0 Å². The maximum Gasteiger partial charge on any atom is 0.321 e. The van der Waals surface area contributed by atoms with Gasteiger partial charge < -0.3 is 10.2 Å². The van der Waals surface area contributed by atoms with Crippen molar-refractivity contribution in [2.45, 2.75) is 13.5 Å². The molecule has 3 aromatic rings. The van der Waals surface area contributed by atoms with Crippen molar-refractivity contribution in [2.24, 2.45) is 0 Å². The predicted octanol–water partition coefficient (Wildman–Crippen LogP) is 4.26. The third-order valence-electron chi connectivity index (χ3n) is 3.78. The molecule has 0 unspecified atom stereocenters. The van der Waals surface area contributed by atoms with Gasteiger partial charge in [-0.25, -0.2) is 4.79 Å². The molecule has 0 fully saturated rings. The molecule has 2 heterocycles. The summed E-state index contributed by atoms with van der Waals surface area (Å²) >= 11 is 6.35. The highest BCUT2D eigenvalue weighted by molar-refractivity contribution is 6.35. The summed E-state index contributed by atoms with van der Waals surface area (Å²) in [6, 6.07) is 9.07. The molecule has 6 heteroatoms. The smallest absolute Gasteiger partial charge is 0.321 e. The largest absolute Gasteiger partial charge is 0.323 e. The molecular weight excluding hydrogens is 324 g/mol. The quantitative estimate of drug-likeness (QED) is 0.775. The molecule has 0 saturated carbocycles. The Morgan fingerprint density at radius 3 is 2.75 bits per heavy atom. The van der Waals surface area contributed by atoms with E-state index < -0.39 is 0 Å². The van der Waals surface area contributed by atoms with E-state index in [-0.39, 0.29) is 6.03 Å². The van der Waals surface area contributed by atoms with Crippen LogP contribution in [0.5, 0.6) is 0 Å². The fourth-order valence-corrected chi connectivity index (χ4v) is 2.86. The van der Waals surface area contributed by atoms with Gasteiger partial charge in [0.05, 0.1) is 16.2 Å². The number of aryl methyl sites for hydroxylation is 1. The van der Waals surface area contributed by atoms with Crippen LogP contribution in [0.4, 0.5) is 10.5 Å². The molecule has 2 aromatic heterocycles. The number of hydrogen-bond acceptors (Lipinski definition) is 3. The number of amides is 2. The molecule has 0 aliphatic heterocycles. The van der Waals surface area contributed by atoms with Crippen molar-refractivity contribution in [3.8, 4) is 0 Å². The number of fused-ring (bicyclic) bond motifs is 1. The fourth-order valence-electron chi connectivity index (χ4n) is 2.54. The van der Waals surface area contributed by atoms with Crippen molar-refractivity contribution >= 4 is 34.2 Å². The third kappa shape index (κ3) is 3.31. The molecule has 1 N–H and O–H groups in total. The summed E-state index contributed by atoms with van der Waals surface area (Å²) in [6.45, 7) is 2.43. The van der Waals surface area contributed by atoms with Gasteiger partial charge >= 0.3 is 6.03 Å². The van der Waals surface area contributed by atoms with E-state index in [1.807, 2.05) is 37.3 Å². The van der Waals surface area contributed by atoms with E-state index in [0.29, 0.717) is 17.3 Å². The number of hydrogen-bond donors (Lipinski definition) is 1. The molecule has 0 aliphatic carbocycles. The van der Waals surface area contributed by atoms with Crippen LogP contribution < -0.4 is 5.32 Å². The molecule has 0 spiro atoms. The molecule has 0 bridgehead atoms. The fraction of sp³-hybridized carbons (Fsp3) is 0.167. The summed E-state index contributed by atoms with van der Waals surface area (Å²) in [7, 11) is 1.73. The Morgan fingerprint density at radius 2 is 2.00 bits per heavy atom. The second-order valence-electron chi connectivity index (χ2n) is 5.59. The Morgan fingerprint density at radius 1 is 1.25 bits per heavy atom. The maximum absolute atomic E-state index is 12.5. The molecular formula is C18H17ClN4O. The highest BCUT2D eigenvalue weighted by Crippen LogP contribution is 2.32. The number of halogens is 1. The molecule has 3 rings (SSSR count). The lowest BCUT2D eigenvalue weighted by molar-refractivity contribution is 0.220. The molecule has 0 saturated heterocycles. The minimum Gasteiger partial charge on any atom is -0.323 e. The average Bonchev–Trinajstić information content (AvgIpc) is 2.59. The highest BCUT2D eigenvalue weighted by atomic mass is 35.5. The van der Waals surface area contributed by atoms with Gasteiger partial charge in [0.2, 0.25) is 0 Å². The van der Waals surface area contributed by atoms with Crippen LogP contribution in [0.25, 0.3) is 10.9 Å². The van der Waals surface area contributed by atoms with Crippen molar-refractivity contribution < 1.29 is 4.79 Å². The van der Waals surface area contributed by atoms with E-state index >= 15 is 0 Å². The van der Waals surface area contributed by atoms with E-state index in [4.69, 9.17) is 11.6 Å². The van der Waals surface area contributed by atoms with Crippen molar-refractivity contribution in [2.75, 3.05) is 12.4 Å². The van der Waals surface area contributed by atoms with Gasteiger partial charge in [0, 0.05) is 37.6 Å². The molecule has 0 radical (unpaired) electrons. The van der Waals surface area contributed by atoms with E-state index in [1.54, 1.807) is 30.5 Å². The average molecular weight is 341 g/mol. The first kappa shape index (κ1) is 16.2. The topological polar surface area (TPSA) is 58.1 Å². The standard InChI is InChI=1S/C18H17ClN4O/c1-12-10-15(19)17(14-4-3-7-21-16(12)14)22-18(24)23(2)11-13-5-8-20-9-6-13/h3-10H,11H2,1-2H3,(H,22,24). The molecule has 1 aromatic carbocycles. The Kier molecular flexibility index (Phi) is 4.62. The Bertz CT molecular complexity index is 883. The summed E-state index contributed by atoms with van der Waals surface area (Å²) in [6.07, 6.45) is 5.14. The number of benzene rings is 1. The summed E-state index contributed by atoms with van der Waals surface area (Å²) in [5, 5.41) is 4.23. The lowest BCUT2D eigenvalue weighted by Crippen LogP contribution is -2.31. The first-order valence-electron chi connectivity index (χ1n) is 7.51. The van der Waals surface area contributed by atoms with Crippen LogP contribution in [-0.2, 0) is 6.54 Å². The van der Waals surface area contributed by atoms with Gasteiger partial charge in [0.25, 0.3) is 0 Å². The number of nitrogens with one attached hydrogen (secondary N) is 1. The minimum atomic E-state index is -0.234. The second-order valence-corrected chi connectivity index (χ2v) is 6.00. The number of nitrogens with zero attached hydrogens (tertiary/aromatic N) is 3. The maximum atomic E-state index is 12.5. The van der Waals surface area contributed by atoms with Crippen molar-refractivity contribution in [3.63, 3.8) is 0 Å². The lowest BCUT2D eigenvalue weighted by Gasteiger charge is -2.19. The minimum absolute atomic E-state index is 0.234. The summed E-state index contributed by atoms with van der Waals surface area (Å²) in [4.78, 5) is 22.5. The number of carbonyl (C=O) groups excluding carboxylic acids is 1. The first-order valence-corrected chi connectivity index (χ1v) is 7.89. The number of carbonyl (C=O) groups is 1.